The maximum absolute atomic E-state index is 10.8. The predicted molar refractivity (Wildman–Crippen MR) is 64.9 cm³/mol. The molecule has 1 atom stereocenters. The molecule has 0 heterocycles. The molecule has 0 amide bonds. The fourth-order valence-electron chi connectivity index (χ4n) is 1.34. The molecule has 1 aromatic carbocycles. The standard InChI is InChI=1S/C11H15ClO3S/c1-10(9-16(12,13)14)7-15-8-11-5-3-2-4-6-11/h2-6,10H,7-9H2,1H3. The third-order valence-electron chi connectivity index (χ3n) is 2.00. The SMILES string of the molecule is CC(COCc1ccccc1)CS(=O)(=O)Cl. The van der Waals surface area contributed by atoms with E-state index in [0.717, 1.165) is 5.56 Å². The Hall–Kier alpha value is -0.580. The summed E-state index contributed by atoms with van der Waals surface area (Å²) in [6.45, 7) is 2.68. The summed E-state index contributed by atoms with van der Waals surface area (Å²) in [5.41, 5.74) is 1.07. The first-order chi connectivity index (χ1) is 7.47. The maximum atomic E-state index is 10.8. The lowest BCUT2D eigenvalue weighted by Crippen LogP contribution is -2.14. The van der Waals surface area contributed by atoms with E-state index in [1.165, 1.54) is 0 Å². The molecule has 0 saturated heterocycles. The van der Waals surface area contributed by atoms with E-state index in [9.17, 15) is 8.42 Å². The normalized spacial score (nSPS) is 13.6. The molecule has 0 aliphatic carbocycles. The first-order valence-corrected chi connectivity index (χ1v) is 7.49. The van der Waals surface area contributed by atoms with E-state index >= 15 is 0 Å². The molecule has 0 aromatic heterocycles. The molecule has 0 radical (unpaired) electrons. The van der Waals surface area contributed by atoms with Crippen molar-refractivity contribution in [2.24, 2.45) is 5.92 Å². The van der Waals surface area contributed by atoms with Crippen LogP contribution in [0.3, 0.4) is 0 Å². The minimum Gasteiger partial charge on any atom is -0.376 e. The van der Waals surface area contributed by atoms with Crippen LogP contribution >= 0.6 is 10.7 Å². The monoisotopic (exact) mass is 262 g/mol. The van der Waals surface area contributed by atoms with E-state index < -0.39 is 9.05 Å². The van der Waals surface area contributed by atoms with Gasteiger partial charge in [-0.3, -0.25) is 0 Å². The van der Waals surface area contributed by atoms with Crippen LogP contribution in [-0.4, -0.2) is 20.8 Å². The van der Waals surface area contributed by atoms with Crippen LogP contribution in [0.15, 0.2) is 30.3 Å². The van der Waals surface area contributed by atoms with Crippen LogP contribution in [0, 0.1) is 5.92 Å². The zero-order chi connectivity index (χ0) is 12.0. The Labute approximate surface area is 101 Å². The Morgan fingerprint density at radius 3 is 2.50 bits per heavy atom. The van der Waals surface area contributed by atoms with Crippen molar-refractivity contribution in [3.63, 3.8) is 0 Å². The zero-order valence-corrected chi connectivity index (χ0v) is 10.7. The summed E-state index contributed by atoms with van der Waals surface area (Å²) in [6, 6.07) is 9.73. The van der Waals surface area contributed by atoms with E-state index in [1.807, 2.05) is 30.3 Å². The van der Waals surface area contributed by atoms with Crippen molar-refractivity contribution in [2.45, 2.75) is 13.5 Å². The average molecular weight is 263 g/mol. The molecule has 5 heteroatoms. The summed E-state index contributed by atoms with van der Waals surface area (Å²) in [5.74, 6) is -0.144. The lowest BCUT2D eigenvalue weighted by atomic mass is 10.2. The first kappa shape index (κ1) is 13.5. The molecule has 1 aromatic rings. The molecular weight excluding hydrogens is 248 g/mol. The van der Waals surface area contributed by atoms with Crippen molar-refractivity contribution < 1.29 is 13.2 Å². The second-order valence-corrected chi connectivity index (χ2v) is 6.63. The summed E-state index contributed by atoms with van der Waals surface area (Å²) in [6.07, 6.45) is 0. The van der Waals surface area contributed by atoms with Crippen molar-refractivity contribution in [3.8, 4) is 0 Å². The molecule has 0 aliphatic rings. The van der Waals surface area contributed by atoms with E-state index in [4.69, 9.17) is 15.4 Å². The molecule has 0 saturated carbocycles. The van der Waals surface area contributed by atoms with Gasteiger partial charge in [-0.2, -0.15) is 0 Å². The lowest BCUT2D eigenvalue weighted by molar-refractivity contribution is 0.0979. The van der Waals surface area contributed by atoms with Gasteiger partial charge in [0.05, 0.1) is 19.0 Å². The van der Waals surface area contributed by atoms with E-state index in [0.29, 0.717) is 13.2 Å². The van der Waals surface area contributed by atoms with Crippen LogP contribution in [0.2, 0.25) is 0 Å². The van der Waals surface area contributed by atoms with E-state index in [2.05, 4.69) is 0 Å². The molecule has 0 spiro atoms. The highest BCUT2D eigenvalue weighted by Crippen LogP contribution is 2.07. The van der Waals surface area contributed by atoms with Gasteiger partial charge in [0.25, 0.3) is 0 Å². The number of hydrogen-bond acceptors (Lipinski definition) is 3. The fraction of sp³-hybridized carbons (Fsp3) is 0.455. The summed E-state index contributed by atoms with van der Waals surface area (Å²) < 4.78 is 27.0. The minimum atomic E-state index is -3.43. The smallest absolute Gasteiger partial charge is 0.232 e. The molecule has 0 N–H and O–H groups in total. The quantitative estimate of drug-likeness (QED) is 0.740. The summed E-state index contributed by atoms with van der Waals surface area (Å²) >= 11 is 0. The molecular formula is C11H15ClO3S. The van der Waals surface area contributed by atoms with Crippen molar-refractivity contribution in [2.75, 3.05) is 12.4 Å². The molecule has 1 rings (SSSR count). The third-order valence-corrected chi connectivity index (χ3v) is 3.34. The highest BCUT2D eigenvalue weighted by atomic mass is 35.7. The van der Waals surface area contributed by atoms with E-state index in [1.54, 1.807) is 6.92 Å². The van der Waals surface area contributed by atoms with E-state index in [-0.39, 0.29) is 11.7 Å². The van der Waals surface area contributed by atoms with Crippen LogP contribution in [0.4, 0.5) is 0 Å². The number of hydrogen-bond donors (Lipinski definition) is 0. The Balaban J connectivity index is 2.26. The van der Waals surface area contributed by atoms with Crippen molar-refractivity contribution in [1.82, 2.24) is 0 Å². The number of rotatable bonds is 6. The number of benzene rings is 1. The average Bonchev–Trinajstić information content (AvgIpc) is 2.16. The van der Waals surface area contributed by atoms with Gasteiger partial charge in [0.15, 0.2) is 0 Å². The third kappa shape index (κ3) is 6.10. The first-order valence-electron chi connectivity index (χ1n) is 5.01. The van der Waals surface area contributed by atoms with Crippen LogP contribution < -0.4 is 0 Å². The molecule has 0 bridgehead atoms. The van der Waals surface area contributed by atoms with Gasteiger partial charge >= 0.3 is 0 Å². The highest BCUT2D eigenvalue weighted by Gasteiger charge is 2.12. The summed E-state index contributed by atoms with van der Waals surface area (Å²) in [7, 11) is 1.71. The summed E-state index contributed by atoms with van der Waals surface area (Å²) in [4.78, 5) is 0. The number of halogens is 1. The number of ether oxygens (including phenoxy) is 1. The molecule has 0 fully saturated rings. The molecule has 1 unspecified atom stereocenters. The predicted octanol–water partition coefficient (Wildman–Crippen LogP) is 2.41. The van der Waals surface area contributed by atoms with Gasteiger partial charge in [-0.25, -0.2) is 8.42 Å². The Bertz CT molecular complexity index is 402. The van der Waals surface area contributed by atoms with Crippen molar-refractivity contribution >= 4 is 19.7 Å². The van der Waals surface area contributed by atoms with Gasteiger partial charge in [-0.15, -0.1) is 0 Å². The van der Waals surface area contributed by atoms with Gasteiger partial charge in [-0.05, 0) is 11.5 Å². The van der Waals surface area contributed by atoms with Crippen molar-refractivity contribution in [1.29, 1.82) is 0 Å². The van der Waals surface area contributed by atoms with Crippen LogP contribution in [0.5, 0.6) is 0 Å². The molecule has 16 heavy (non-hydrogen) atoms. The van der Waals surface area contributed by atoms with Gasteiger partial charge < -0.3 is 4.74 Å². The maximum Gasteiger partial charge on any atom is 0.232 e. The zero-order valence-electron chi connectivity index (χ0n) is 9.10. The van der Waals surface area contributed by atoms with Crippen LogP contribution in [0.1, 0.15) is 12.5 Å². The van der Waals surface area contributed by atoms with Gasteiger partial charge in [0, 0.05) is 10.7 Å². The fourth-order valence-corrected chi connectivity index (χ4v) is 2.76. The van der Waals surface area contributed by atoms with Gasteiger partial charge in [-0.1, -0.05) is 37.3 Å². The second-order valence-electron chi connectivity index (χ2n) is 3.81. The second kappa shape index (κ2) is 6.23. The lowest BCUT2D eigenvalue weighted by Gasteiger charge is -2.09. The largest absolute Gasteiger partial charge is 0.376 e. The molecule has 3 nitrogen and oxygen atoms in total. The highest BCUT2D eigenvalue weighted by molar-refractivity contribution is 8.13. The Morgan fingerprint density at radius 2 is 1.94 bits per heavy atom. The van der Waals surface area contributed by atoms with Gasteiger partial charge in [0.1, 0.15) is 0 Å². The Morgan fingerprint density at radius 1 is 1.31 bits per heavy atom. The van der Waals surface area contributed by atoms with Gasteiger partial charge in [0.2, 0.25) is 9.05 Å². The molecule has 90 valence electrons. The van der Waals surface area contributed by atoms with Crippen LogP contribution in [-0.2, 0) is 20.4 Å². The summed E-state index contributed by atoms with van der Waals surface area (Å²) in [5, 5.41) is 0. The van der Waals surface area contributed by atoms with Crippen molar-refractivity contribution in [3.05, 3.63) is 35.9 Å². The minimum absolute atomic E-state index is 0.0522. The Kier molecular flexibility index (Phi) is 5.25. The molecule has 0 aliphatic heterocycles. The topological polar surface area (TPSA) is 43.4 Å². The van der Waals surface area contributed by atoms with Crippen LogP contribution in [0.25, 0.3) is 0 Å².